The van der Waals surface area contributed by atoms with Crippen molar-refractivity contribution in [3.05, 3.63) is 46.3 Å². The molecule has 0 aliphatic heterocycles. The molecule has 112 valence electrons. The Balaban J connectivity index is 2.12. The van der Waals surface area contributed by atoms with Crippen molar-refractivity contribution >= 4 is 16.9 Å². The quantitative estimate of drug-likeness (QED) is 0.653. The molecule has 1 unspecified atom stereocenters. The Hall–Kier alpha value is -2.10. The Morgan fingerprint density at radius 3 is 2.81 bits per heavy atom. The molecule has 1 heterocycles. The van der Waals surface area contributed by atoms with Crippen LogP contribution in [0.15, 0.2) is 39.5 Å². The van der Waals surface area contributed by atoms with Crippen LogP contribution in [0.1, 0.15) is 49.9 Å². The first-order valence-electron chi connectivity index (χ1n) is 7.45. The van der Waals surface area contributed by atoms with Crippen LogP contribution in [0.4, 0.5) is 0 Å². The third kappa shape index (κ3) is 3.94. The normalized spacial score (nSPS) is 12.3. The number of para-hydroxylation sites is 1. The molecule has 1 atom stereocenters. The van der Waals surface area contributed by atoms with E-state index in [2.05, 4.69) is 12.2 Å². The Morgan fingerprint density at radius 1 is 1.29 bits per heavy atom. The summed E-state index contributed by atoms with van der Waals surface area (Å²) in [6.45, 7) is 4.10. The molecule has 1 N–H and O–H groups in total. The number of carbonyl (C=O) groups excluding carboxylic acids is 1. The molecule has 2 rings (SSSR count). The fourth-order valence-corrected chi connectivity index (χ4v) is 2.29. The van der Waals surface area contributed by atoms with Crippen molar-refractivity contribution in [3.63, 3.8) is 0 Å². The zero-order valence-corrected chi connectivity index (χ0v) is 12.5. The number of amides is 1. The van der Waals surface area contributed by atoms with E-state index in [1.165, 1.54) is 0 Å². The second-order valence-electron chi connectivity index (χ2n) is 5.36. The standard InChI is InChI=1S/C17H21NO3/c1-3-4-5-8-12(2)18-16(19)14-11-13-9-6-7-10-15(13)21-17(14)20/h6-7,9-12H,3-5,8H2,1-2H3,(H,18,19). The van der Waals surface area contributed by atoms with Gasteiger partial charge in [0.2, 0.25) is 0 Å². The van der Waals surface area contributed by atoms with Crippen molar-refractivity contribution in [1.29, 1.82) is 0 Å². The zero-order valence-electron chi connectivity index (χ0n) is 12.5. The van der Waals surface area contributed by atoms with Crippen molar-refractivity contribution < 1.29 is 9.21 Å². The van der Waals surface area contributed by atoms with E-state index in [0.717, 1.165) is 31.1 Å². The van der Waals surface area contributed by atoms with Gasteiger partial charge in [0, 0.05) is 11.4 Å². The maximum atomic E-state index is 12.2. The van der Waals surface area contributed by atoms with E-state index in [1.54, 1.807) is 18.2 Å². The molecule has 1 amide bonds. The van der Waals surface area contributed by atoms with Crippen LogP contribution >= 0.6 is 0 Å². The molecule has 0 saturated heterocycles. The van der Waals surface area contributed by atoms with Gasteiger partial charge >= 0.3 is 5.63 Å². The molecule has 1 aromatic carbocycles. The van der Waals surface area contributed by atoms with Crippen molar-refractivity contribution in [3.8, 4) is 0 Å². The Kier molecular flexibility index (Phi) is 5.14. The van der Waals surface area contributed by atoms with Crippen LogP contribution in [0.2, 0.25) is 0 Å². The summed E-state index contributed by atoms with van der Waals surface area (Å²) in [4.78, 5) is 24.1. The molecule has 0 aliphatic rings. The van der Waals surface area contributed by atoms with Gasteiger partial charge in [0.25, 0.3) is 5.91 Å². The predicted octanol–water partition coefficient (Wildman–Crippen LogP) is 3.49. The Labute approximate surface area is 124 Å². The number of hydrogen-bond donors (Lipinski definition) is 1. The average Bonchev–Trinajstić information content (AvgIpc) is 2.46. The number of nitrogens with one attached hydrogen (secondary N) is 1. The lowest BCUT2D eigenvalue weighted by Gasteiger charge is -2.13. The first-order valence-corrected chi connectivity index (χ1v) is 7.45. The second-order valence-corrected chi connectivity index (χ2v) is 5.36. The highest BCUT2D eigenvalue weighted by molar-refractivity contribution is 5.96. The van der Waals surface area contributed by atoms with Gasteiger partial charge in [-0.3, -0.25) is 4.79 Å². The van der Waals surface area contributed by atoms with Gasteiger partial charge in [-0.25, -0.2) is 4.79 Å². The van der Waals surface area contributed by atoms with Crippen LogP contribution in [0.25, 0.3) is 11.0 Å². The van der Waals surface area contributed by atoms with Crippen LogP contribution in [0.3, 0.4) is 0 Å². The fraction of sp³-hybridized carbons (Fsp3) is 0.412. The van der Waals surface area contributed by atoms with E-state index in [9.17, 15) is 9.59 Å². The summed E-state index contributed by atoms with van der Waals surface area (Å²) >= 11 is 0. The summed E-state index contributed by atoms with van der Waals surface area (Å²) < 4.78 is 5.18. The molecule has 0 bridgehead atoms. The highest BCUT2D eigenvalue weighted by Crippen LogP contribution is 2.13. The molecule has 4 nitrogen and oxygen atoms in total. The van der Waals surface area contributed by atoms with Crippen LogP contribution in [0.5, 0.6) is 0 Å². The largest absolute Gasteiger partial charge is 0.422 e. The third-order valence-electron chi connectivity index (χ3n) is 3.50. The second kappa shape index (κ2) is 7.07. The number of fused-ring (bicyclic) bond motifs is 1. The Morgan fingerprint density at radius 2 is 2.05 bits per heavy atom. The molecule has 0 aliphatic carbocycles. The van der Waals surface area contributed by atoms with Crippen LogP contribution < -0.4 is 10.9 Å². The predicted molar refractivity (Wildman–Crippen MR) is 83.6 cm³/mol. The van der Waals surface area contributed by atoms with Gasteiger partial charge < -0.3 is 9.73 Å². The van der Waals surface area contributed by atoms with Gasteiger partial charge in [-0.15, -0.1) is 0 Å². The number of hydrogen-bond acceptors (Lipinski definition) is 3. The average molecular weight is 287 g/mol. The molecular formula is C17H21NO3. The fourth-order valence-electron chi connectivity index (χ4n) is 2.29. The first kappa shape index (κ1) is 15.3. The number of carbonyl (C=O) groups is 1. The highest BCUT2D eigenvalue weighted by atomic mass is 16.4. The summed E-state index contributed by atoms with van der Waals surface area (Å²) in [5.74, 6) is -0.362. The molecular weight excluding hydrogens is 266 g/mol. The van der Waals surface area contributed by atoms with Crippen LogP contribution in [0, 0.1) is 0 Å². The van der Waals surface area contributed by atoms with Gasteiger partial charge in [0.15, 0.2) is 0 Å². The lowest BCUT2D eigenvalue weighted by Crippen LogP contribution is -2.35. The maximum absolute atomic E-state index is 12.2. The van der Waals surface area contributed by atoms with Crippen molar-refractivity contribution in [2.24, 2.45) is 0 Å². The molecule has 4 heteroatoms. The van der Waals surface area contributed by atoms with Gasteiger partial charge in [-0.2, -0.15) is 0 Å². The Bertz CT molecular complexity index is 675. The summed E-state index contributed by atoms with van der Waals surface area (Å²) in [6, 6.07) is 8.81. The lowest BCUT2D eigenvalue weighted by atomic mass is 10.1. The lowest BCUT2D eigenvalue weighted by molar-refractivity contribution is 0.0934. The third-order valence-corrected chi connectivity index (χ3v) is 3.50. The molecule has 1 aromatic heterocycles. The van der Waals surface area contributed by atoms with Crippen LogP contribution in [-0.4, -0.2) is 11.9 Å². The summed E-state index contributed by atoms with van der Waals surface area (Å²) in [7, 11) is 0. The van der Waals surface area contributed by atoms with Gasteiger partial charge in [0.1, 0.15) is 11.1 Å². The van der Waals surface area contributed by atoms with Gasteiger partial charge in [-0.05, 0) is 25.5 Å². The monoisotopic (exact) mass is 287 g/mol. The summed E-state index contributed by atoms with van der Waals surface area (Å²) in [5.41, 5.74) is -0.0296. The first-order chi connectivity index (χ1) is 10.1. The summed E-state index contributed by atoms with van der Waals surface area (Å²) in [5, 5.41) is 3.61. The molecule has 0 saturated carbocycles. The molecule has 21 heavy (non-hydrogen) atoms. The highest BCUT2D eigenvalue weighted by Gasteiger charge is 2.15. The molecule has 0 fully saturated rings. The zero-order chi connectivity index (χ0) is 15.2. The molecule has 0 spiro atoms. The minimum absolute atomic E-state index is 0.0509. The maximum Gasteiger partial charge on any atom is 0.349 e. The van der Waals surface area contributed by atoms with E-state index in [4.69, 9.17) is 4.42 Å². The van der Waals surface area contributed by atoms with Crippen molar-refractivity contribution in [1.82, 2.24) is 5.32 Å². The van der Waals surface area contributed by atoms with Crippen LogP contribution in [-0.2, 0) is 0 Å². The molecule has 2 aromatic rings. The topological polar surface area (TPSA) is 59.3 Å². The van der Waals surface area contributed by atoms with E-state index in [1.807, 2.05) is 19.1 Å². The van der Waals surface area contributed by atoms with Crippen molar-refractivity contribution in [2.45, 2.75) is 45.6 Å². The minimum Gasteiger partial charge on any atom is -0.422 e. The molecule has 0 radical (unpaired) electrons. The van der Waals surface area contributed by atoms with Gasteiger partial charge in [-0.1, -0.05) is 44.4 Å². The van der Waals surface area contributed by atoms with E-state index < -0.39 is 5.63 Å². The van der Waals surface area contributed by atoms with E-state index >= 15 is 0 Å². The SMILES string of the molecule is CCCCCC(C)NC(=O)c1cc2ccccc2oc1=O. The smallest absolute Gasteiger partial charge is 0.349 e. The van der Waals surface area contributed by atoms with Gasteiger partial charge in [0.05, 0.1) is 0 Å². The minimum atomic E-state index is -0.591. The van der Waals surface area contributed by atoms with E-state index in [0.29, 0.717) is 5.58 Å². The number of rotatable bonds is 6. The summed E-state index contributed by atoms with van der Waals surface area (Å²) in [6.07, 6.45) is 4.29. The van der Waals surface area contributed by atoms with Crippen molar-refractivity contribution in [2.75, 3.05) is 0 Å². The number of benzene rings is 1. The number of unbranched alkanes of at least 4 members (excludes halogenated alkanes) is 2. The van der Waals surface area contributed by atoms with E-state index in [-0.39, 0.29) is 17.5 Å².